The minimum absolute atomic E-state index is 0.0643. The SMILES string of the molecule is CC(=O)Nc1cc(NC(=O)NCCS(=O)(=O)N2CCc3ccccc32)ccc1F. The molecular weight excluding hydrogens is 399 g/mol. The Morgan fingerprint density at radius 3 is 2.66 bits per heavy atom. The minimum atomic E-state index is -3.57. The van der Waals surface area contributed by atoms with E-state index in [-0.39, 0.29) is 23.7 Å². The van der Waals surface area contributed by atoms with Crippen LogP contribution in [0.5, 0.6) is 0 Å². The third kappa shape index (κ3) is 5.02. The third-order valence-corrected chi connectivity index (χ3v) is 6.13. The number of nitrogens with zero attached hydrogens (tertiary/aromatic N) is 1. The Morgan fingerprint density at radius 1 is 1.14 bits per heavy atom. The fraction of sp³-hybridized carbons (Fsp3) is 0.263. The second-order valence-corrected chi connectivity index (χ2v) is 8.54. The predicted octanol–water partition coefficient (Wildman–Crippen LogP) is 2.30. The van der Waals surface area contributed by atoms with Crippen molar-refractivity contribution < 1.29 is 22.4 Å². The standard InChI is InChI=1S/C19H21FN4O4S/c1-13(25)22-17-12-15(6-7-16(17)20)23-19(26)21-9-11-29(27,28)24-10-8-14-4-2-3-5-18(14)24/h2-7,12H,8-11H2,1H3,(H,22,25)(H2,21,23,26). The summed E-state index contributed by atoms with van der Waals surface area (Å²) in [4.78, 5) is 23.1. The summed E-state index contributed by atoms with van der Waals surface area (Å²) in [6, 6.07) is 10.4. The topological polar surface area (TPSA) is 108 Å². The predicted molar refractivity (Wildman–Crippen MR) is 109 cm³/mol. The molecule has 1 heterocycles. The van der Waals surface area contributed by atoms with E-state index >= 15 is 0 Å². The second-order valence-electron chi connectivity index (χ2n) is 6.52. The maximum absolute atomic E-state index is 13.6. The maximum atomic E-state index is 13.6. The molecule has 0 bridgehead atoms. The first-order chi connectivity index (χ1) is 13.8. The average molecular weight is 420 g/mol. The number of halogens is 1. The van der Waals surface area contributed by atoms with E-state index in [4.69, 9.17) is 0 Å². The van der Waals surface area contributed by atoms with Gasteiger partial charge in [0.15, 0.2) is 0 Å². The second kappa shape index (κ2) is 8.48. The Bertz CT molecular complexity index is 1040. The summed E-state index contributed by atoms with van der Waals surface area (Å²) in [7, 11) is -3.57. The van der Waals surface area contributed by atoms with Gasteiger partial charge in [0.25, 0.3) is 0 Å². The van der Waals surface area contributed by atoms with Gasteiger partial charge in [-0.1, -0.05) is 18.2 Å². The van der Waals surface area contributed by atoms with Gasteiger partial charge in [0, 0.05) is 25.7 Å². The van der Waals surface area contributed by atoms with Gasteiger partial charge < -0.3 is 16.0 Å². The number of rotatable bonds is 6. The molecule has 2 aromatic rings. The first-order valence-electron chi connectivity index (χ1n) is 8.96. The molecule has 0 spiro atoms. The highest BCUT2D eigenvalue weighted by atomic mass is 32.2. The number of nitrogens with one attached hydrogen (secondary N) is 3. The van der Waals surface area contributed by atoms with Crippen LogP contribution in [0, 0.1) is 5.82 Å². The van der Waals surface area contributed by atoms with E-state index < -0.39 is 27.8 Å². The maximum Gasteiger partial charge on any atom is 0.319 e. The van der Waals surface area contributed by atoms with Crippen LogP contribution in [-0.2, 0) is 21.2 Å². The highest BCUT2D eigenvalue weighted by Gasteiger charge is 2.28. The number of anilines is 3. The van der Waals surface area contributed by atoms with Crippen LogP contribution in [0.15, 0.2) is 42.5 Å². The number of para-hydroxylation sites is 1. The molecule has 154 valence electrons. The molecule has 0 saturated heterocycles. The molecule has 3 rings (SSSR count). The Kier molecular flexibility index (Phi) is 6.02. The molecule has 3 amide bonds. The molecule has 8 nitrogen and oxygen atoms in total. The molecule has 2 aromatic carbocycles. The van der Waals surface area contributed by atoms with E-state index in [9.17, 15) is 22.4 Å². The largest absolute Gasteiger partial charge is 0.337 e. The van der Waals surface area contributed by atoms with Crippen LogP contribution < -0.4 is 20.3 Å². The first-order valence-corrected chi connectivity index (χ1v) is 10.6. The molecule has 0 unspecified atom stereocenters. The molecular formula is C19H21FN4O4S. The number of fused-ring (bicyclic) bond motifs is 1. The Morgan fingerprint density at radius 2 is 1.90 bits per heavy atom. The van der Waals surface area contributed by atoms with E-state index in [0.717, 1.165) is 11.6 Å². The van der Waals surface area contributed by atoms with Crippen LogP contribution >= 0.6 is 0 Å². The molecule has 0 aromatic heterocycles. The summed E-state index contributed by atoms with van der Waals surface area (Å²) in [6.07, 6.45) is 0.657. The van der Waals surface area contributed by atoms with Gasteiger partial charge in [0.05, 0.1) is 17.1 Å². The number of amides is 3. The monoisotopic (exact) mass is 420 g/mol. The van der Waals surface area contributed by atoms with Gasteiger partial charge in [0.2, 0.25) is 15.9 Å². The summed E-state index contributed by atoms with van der Waals surface area (Å²) in [5.41, 5.74) is 1.84. The van der Waals surface area contributed by atoms with Crippen molar-refractivity contribution in [3.05, 3.63) is 53.8 Å². The van der Waals surface area contributed by atoms with E-state index in [1.165, 1.54) is 23.4 Å². The zero-order valence-corrected chi connectivity index (χ0v) is 16.6. The number of carbonyl (C=O) groups excluding carboxylic acids is 2. The minimum Gasteiger partial charge on any atom is -0.337 e. The average Bonchev–Trinajstić information content (AvgIpc) is 3.09. The lowest BCUT2D eigenvalue weighted by atomic mass is 10.2. The molecule has 1 aliphatic heterocycles. The summed E-state index contributed by atoms with van der Waals surface area (Å²) in [5.74, 6) is -1.34. The summed E-state index contributed by atoms with van der Waals surface area (Å²) >= 11 is 0. The van der Waals surface area contributed by atoms with Crippen LogP contribution in [-0.4, -0.2) is 39.2 Å². The lowest BCUT2D eigenvalue weighted by molar-refractivity contribution is -0.114. The fourth-order valence-corrected chi connectivity index (χ4v) is 4.49. The highest BCUT2D eigenvalue weighted by molar-refractivity contribution is 7.92. The molecule has 0 atom stereocenters. The van der Waals surface area contributed by atoms with E-state index in [2.05, 4.69) is 16.0 Å². The number of carbonyl (C=O) groups is 2. The van der Waals surface area contributed by atoms with Crippen LogP contribution in [0.3, 0.4) is 0 Å². The van der Waals surface area contributed by atoms with Gasteiger partial charge in [-0.05, 0) is 36.2 Å². The molecule has 0 aliphatic carbocycles. The van der Waals surface area contributed by atoms with Crippen molar-refractivity contribution in [1.82, 2.24) is 5.32 Å². The Hall–Kier alpha value is -3.14. The molecule has 0 fully saturated rings. The number of hydrogen-bond acceptors (Lipinski definition) is 4. The van der Waals surface area contributed by atoms with E-state index in [1.807, 2.05) is 12.1 Å². The van der Waals surface area contributed by atoms with Crippen LogP contribution in [0.25, 0.3) is 0 Å². The lowest BCUT2D eigenvalue weighted by Crippen LogP contribution is -2.38. The van der Waals surface area contributed by atoms with Crippen LogP contribution in [0.4, 0.5) is 26.2 Å². The molecule has 10 heteroatoms. The molecule has 1 aliphatic rings. The van der Waals surface area contributed by atoms with Gasteiger partial charge in [-0.3, -0.25) is 9.10 Å². The van der Waals surface area contributed by atoms with E-state index in [0.29, 0.717) is 18.7 Å². The molecule has 3 N–H and O–H groups in total. The normalized spacial score (nSPS) is 13.0. The van der Waals surface area contributed by atoms with Crippen molar-refractivity contribution in [2.75, 3.05) is 33.8 Å². The molecule has 0 radical (unpaired) electrons. The Labute approximate surface area is 168 Å². The zero-order valence-electron chi connectivity index (χ0n) is 15.7. The van der Waals surface area contributed by atoms with Crippen molar-refractivity contribution in [3.8, 4) is 0 Å². The quantitative estimate of drug-likeness (QED) is 0.666. The van der Waals surface area contributed by atoms with Crippen molar-refractivity contribution in [1.29, 1.82) is 0 Å². The fourth-order valence-electron chi connectivity index (χ4n) is 3.06. The van der Waals surface area contributed by atoms with Crippen molar-refractivity contribution in [2.45, 2.75) is 13.3 Å². The van der Waals surface area contributed by atoms with Crippen LogP contribution in [0.2, 0.25) is 0 Å². The zero-order chi connectivity index (χ0) is 21.0. The summed E-state index contributed by atoms with van der Waals surface area (Å²) in [5, 5.41) is 7.27. The third-order valence-electron chi connectivity index (χ3n) is 4.36. The van der Waals surface area contributed by atoms with Crippen molar-refractivity contribution in [3.63, 3.8) is 0 Å². The summed E-state index contributed by atoms with van der Waals surface area (Å²) < 4.78 is 40.2. The number of hydrogen-bond donors (Lipinski definition) is 3. The first kappa shape index (κ1) is 20.6. The van der Waals surface area contributed by atoms with Gasteiger partial charge in [0.1, 0.15) is 5.82 Å². The highest BCUT2D eigenvalue weighted by Crippen LogP contribution is 2.29. The van der Waals surface area contributed by atoms with Gasteiger partial charge in [-0.25, -0.2) is 17.6 Å². The van der Waals surface area contributed by atoms with Crippen LogP contribution in [0.1, 0.15) is 12.5 Å². The van der Waals surface area contributed by atoms with E-state index in [1.54, 1.807) is 12.1 Å². The van der Waals surface area contributed by atoms with Crippen molar-refractivity contribution in [2.24, 2.45) is 0 Å². The van der Waals surface area contributed by atoms with Gasteiger partial charge in [-0.15, -0.1) is 0 Å². The molecule has 0 saturated carbocycles. The number of benzene rings is 2. The number of sulfonamides is 1. The Balaban J connectivity index is 1.54. The lowest BCUT2D eigenvalue weighted by Gasteiger charge is -2.19. The number of urea groups is 1. The molecule has 29 heavy (non-hydrogen) atoms. The van der Waals surface area contributed by atoms with Gasteiger partial charge in [-0.2, -0.15) is 0 Å². The summed E-state index contributed by atoms with van der Waals surface area (Å²) in [6.45, 7) is 1.54. The van der Waals surface area contributed by atoms with Crippen molar-refractivity contribution >= 4 is 39.0 Å². The smallest absolute Gasteiger partial charge is 0.319 e. The van der Waals surface area contributed by atoms with Gasteiger partial charge >= 0.3 is 6.03 Å².